The van der Waals surface area contributed by atoms with Crippen LogP contribution in [0.15, 0.2) is 0 Å². The average molecular weight is 141 g/mol. The molecular formula is C9H19N. The van der Waals surface area contributed by atoms with E-state index in [1.165, 1.54) is 38.5 Å². The summed E-state index contributed by atoms with van der Waals surface area (Å²) in [6.07, 6.45) is 8.08. The molecule has 0 saturated heterocycles. The molecule has 1 rings (SSSR count). The van der Waals surface area contributed by atoms with Crippen molar-refractivity contribution in [1.82, 2.24) is 0 Å². The Balaban J connectivity index is 2.25. The zero-order valence-electron chi connectivity index (χ0n) is 6.97. The Morgan fingerprint density at radius 2 is 1.80 bits per heavy atom. The Morgan fingerprint density at radius 1 is 1.10 bits per heavy atom. The standard InChI is InChI=1S/C9H19N/c1-8-5-3-2-4-6-9(10)7-8/h8-9H,2-7,10H2,1H3. The summed E-state index contributed by atoms with van der Waals surface area (Å²) in [6.45, 7) is 2.32. The van der Waals surface area contributed by atoms with Gasteiger partial charge in [-0.25, -0.2) is 0 Å². The van der Waals surface area contributed by atoms with Crippen molar-refractivity contribution < 1.29 is 0 Å². The van der Waals surface area contributed by atoms with Crippen molar-refractivity contribution in [1.29, 1.82) is 0 Å². The number of hydrogen-bond donors (Lipinski definition) is 1. The van der Waals surface area contributed by atoms with Crippen LogP contribution in [0, 0.1) is 5.92 Å². The molecule has 1 heteroatoms. The fourth-order valence-electron chi connectivity index (χ4n) is 1.83. The highest BCUT2D eigenvalue weighted by Gasteiger charge is 2.11. The van der Waals surface area contributed by atoms with Crippen molar-refractivity contribution in [2.45, 2.75) is 51.5 Å². The lowest BCUT2D eigenvalue weighted by Gasteiger charge is -2.20. The molecule has 0 aromatic heterocycles. The normalized spacial score (nSPS) is 36.6. The molecule has 1 fully saturated rings. The second kappa shape index (κ2) is 3.97. The predicted octanol–water partition coefficient (Wildman–Crippen LogP) is 2.30. The Labute approximate surface area is 64.0 Å². The van der Waals surface area contributed by atoms with Gasteiger partial charge in [-0.15, -0.1) is 0 Å². The van der Waals surface area contributed by atoms with Crippen LogP contribution in [0.5, 0.6) is 0 Å². The van der Waals surface area contributed by atoms with Crippen molar-refractivity contribution in [2.24, 2.45) is 11.7 Å². The Kier molecular flexibility index (Phi) is 3.20. The van der Waals surface area contributed by atoms with E-state index in [-0.39, 0.29) is 0 Å². The molecule has 0 bridgehead atoms. The minimum absolute atomic E-state index is 0.496. The third-order valence-corrected chi connectivity index (χ3v) is 2.48. The zero-order valence-corrected chi connectivity index (χ0v) is 6.97. The first-order chi connectivity index (χ1) is 4.79. The Bertz CT molecular complexity index is 80.7. The lowest BCUT2D eigenvalue weighted by molar-refractivity contribution is 0.368. The van der Waals surface area contributed by atoms with Crippen LogP contribution in [-0.4, -0.2) is 6.04 Å². The van der Waals surface area contributed by atoms with Crippen molar-refractivity contribution >= 4 is 0 Å². The Morgan fingerprint density at radius 3 is 2.60 bits per heavy atom. The van der Waals surface area contributed by atoms with E-state index >= 15 is 0 Å². The number of hydrogen-bond acceptors (Lipinski definition) is 1. The van der Waals surface area contributed by atoms with Gasteiger partial charge in [-0.3, -0.25) is 0 Å². The second-order valence-corrected chi connectivity index (χ2v) is 3.74. The molecule has 2 unspecified atom stereocenters. The fourth-order valence-corrected chi connectivity index (χ4v) is 1.83. The summed E-state index contributed by atoms with van der Waals surface area (Å²) in [5, 5.41) is 0. The maximum absolute atomic E-state index is 5.89. The molecule has 0 aromatic rings. The van der Waals surface area contributed by atoms with E-state index in [2.05, 4.69) is 6.92 Å². The zero-order chi connectivity index (χ0) is 7.40. The maximum Gasteiger partial charge on any atom is 0.00413 e. The monoisotopic (exact) mass is 141 g/mol. The van der Waals surface area contributed by atoms with Crippen molar-refractivity contribution in [3.8, 4) is 0 Å². The molecule has 1 saturated carbocycles. The Hall–Kier alpha value is -0.0400. The molecule has 2 atom stereocenters. The van der Waals surface area contributed by atoms with Crippen molar-refractivity contribution in [3.05, 3.63) is 0 Å². The maximum atomic E-state index is 5.89. The molecule has 2 N–H and O–H groups in total. The molecule has 0 heterocycles. The van der Waals surface area contributed by atoms with E-state index in [0.717, 1.165) is 5.92 Å². The van der Waals surface area contributed by atoms with Crippen LogP contribution >= 0.6 is 0 Å². The van der Waals surface area contributed by atoms with Gasteiger partial charge in [-0.1, -0.05) is 32.6 Å². The molecular weight excluding hydrogens is 122 g/mol. The number of nitrogens with two attached hydrogens (primary N) is 1. The summed E-state index contributed by atoms with van der Waals surface area (Å²) in [6, 6.07) is 0.496. The lowest BCUT2D eigenvalue weighted by Crippen LogP contribution is -2.23. The first kappa shape index (κ1) is 8.06. The van der Waals surface area contributed by atoms with E-state index in [9.17, 15) is 0 Å². The topological polar surface area (TPSA) is 26.0 Å². The first-order valence-corrected chi connectivity index (χ1v) is 4.54. The second-order valence-electron chi connectivity index (χ2n) is 3.74. The van der Waals surface area contributed by atoms with Gasteiger partial charge in [0.05, 0.1) is 0 Å². The SMILES string of the molecule is CC1CCCCCC(N)C1. The van der Waals surface area contributed by atoms with E-state index in [4.69, 9.17) is 5.73 Å². The molecule has 1 aliphatic rings. The van der Waals surface area contributed by atoms with E-state index in [0.29, 0.717) is 6.04 Å². The predicted molar refractivity (Wildman–Crippen MR) is 44.8 cm³/mol. The van der Waals surface area contributed by atoms with Gasteiger partial charge in [0.1, 0.15) is 0 Å². The molecule has 10 heavy (non-hydrogen) atoms. The molecule has 1 aliphatic carbocycles. The van der Waals surface area contributed by atoms with Crippen LogP contribution in [-0.2, 0) is 0 Å². The lowest BCUT2D eigenvalue weighted by atomic mass is 9.90. The molecule has 0 spiro atoms. The fraction of sp³-hybridized carbons (Fsp3) is 1.00. The molecule has 0 aromatic carbocycles. The van der Waals surface area contributed by atoms with Crippen molar-refractivity contribution in [2.75, 3.05) is 0 Å². The van der Waals surface area contributed by atoms with Gasteiger partial charge in [0.2, 0.25) is 0 Å². The van der Waals surface area contributed by atoms with Gasteiger partial charge in [0, 0.05) is 6.04 Å². The third-order valence-electron chi connectivity index (χ3n) is 2.48. The van der Waals surface area contributed by atoms with Crippen molar-refractivity contribution in [3.63, 3.8) is 0 Å². The van der Waals surface area contributed by atoms with Crippen LogP contribution in [0.4, 0.5) is 0 Å². The minimum Gasteiger partial charge on any atom is -0.328 e. The van der Waals surface area contributed by atoms with Crippen LogP contribution in [0.1, 0.15) is 45.4 Å². The summed E-state index contributed by atoms with van der Waals surface area (Å²) in [4.78, 5) is 0. The van der Waals surface area contributed by atoms with Gasteiger partial charge in [-0.05, 0) is 18.8 Å². The van der Waals surface area contributed by atoms with Crippen LogP contribution in [0.2, 0.25) is 0 Å². The largest absolute Gasteiger partial charge is 0.328 e. The smallest absolute Gasteiger partial charge is 0.00413 e. The van der Waals surface area contributed by atoms with Crippen LogP contribution in [0.3, 0.4) is 0 Å². The van der Waals surface area contributed by atoms with Crippen LogP contribution < -0.4 is 5.73 Å². The van der Waals surface area contributed by atoms with Crippen LogP contribution in [0.25, 0.3) is 0 Å². The highest BCUT2D eigenvalue weighted by Crippen LogP contribution is 2.20. The van der Waals surface area contributed by atoms with E-state index in [1.54, 1.807) is 0 Å². The highest BCUT2D eigenvalue weighted by molar-refractivity contribution is 4.68. The van der Waals surface area contributed by atoms with Gasteiger partial charge >= 0.3 is 0 Å². The van der Waals surface area contributed by atoms with E-state index < -0.39 is 0 Å². The summed E-state index contributed by atoms with van der Waals surface area (Å²) < 4.78 is 0. The molecule has 60 valence electrons. The average Bonchev–Trinajstić information content (AvgIpc) is 1.83. The van der Waals surface area contributed by atoms with Gasteiger partial charge in [-0.2, -0.15) is 0 Å². The minimum atomic E-state index is 0.496. The summed E-state index contributed by atoms with van der Waals surface area (Å²) in [5.41, 5.74) is 5.89. The summed E-state index contributed by atoms with van der Waals surface area (Å²) >= 11 is 0. The first-order valence-electron chi connectivity index (χ1n) is 4.54. The third kappa shape index (κ3) is 2.70. The number of rotatable bonds is 0. The van der Waals surface area contributed by atoms with Gasteiger partial charge in [0.15, 0.2) is 0 Å². The van der Waals surface area contributed by atoms with E-state index in [1.807, 2.05) is 0 Å². The molecule has 0 amide bonds. The van der Waals surface area contributed by atoms with Gasteiger partial charge < -0.3 is 5.73 Å². The molecule has 0 radical (unpaired) electrons. The van der Waals surface area contributed by atoms with Gasteiger partial charge in [0.25, 0.3) is 0 Å². The summed E-state index contributed by atoms with van der Waals surface area (Å²) in [5.74, 6) is 0.871. The highest BCUT2D eigenvalue weighted by atomic mass is 14.6. The summed E-state index contributed by atoms with van der Waals surface area (Å²) in [7, 11) is 0. The molecule has 1 nitrogen and oxygen atoms in total. The quantitative estimate of drug-likeness (QED) is 0.550. The molecule has 0 aliphatic heterocycles.